The highest BCUT2D eigenvalue weighted by Gasteiger charge is 2.47. The van der Waals surface area contributed by atoms with Crippen LogP contribution in [0.4, 0.5) is 30.4 Å². The standard InChI is InChI=1S/C13H14F3S.BF4/c1-2-3-7-11-9-10-6-4-5-8-12(10)17(11)13(14,15)16;2-1(3,4)5/h4-6,8-9H,2-3,7H2,1H3;/q+1;-1. The molecule has 1 unspecified atom stereocenters. The summed E-state index contributed by atoms with van der Waals surface area (Å²) in [5.74, 6) is 0. The Morgan fingerprint density at radius 2 is 1.59 bits per heavy atom. The van der Waals surface area contributed by atoms with Crippen LogP contribution >= 0.6 is 10.5 Å². The fourth-order valence-electron chi connectivity index (χ4n) is 1.96. The number of fused-ring (bicyclic) bond motifs is 1. The van der Waals surface area contributed by atoms with E-state index in [9.17, 15) is 30.4 Å². The molecule has 1 aromatic carbocycles. The van der Waals surface area contributed by atoms with E-state index in [-0.39, 0.29) is 0 Å². The van der Waals surface area contributed by atoms with Crippen LogP contribution in [0, 0.1) is 0 Å². The SMILES string of the molecule is CCCCc1cc2ccccc2[s+]1C(F)(F)F.F[B-](F)(F)F. The van der Waals surface area contributed by atoms with Crippen molar-refractivity contribution < 1.29 is 30.4 Å². The highest BCUT2D eigenvalue weighted by molar-refractivity contribution is 7.38. The molecule has 22 heavy (non-hydrogen) atoms. The Labute approximate surface area is 126 Å². The van der Waals surface area contributed by atoms with E-state index in [1.807, 2.05) is 6.92 Å². The van der Waals surface area contributed by atoms with Gasteiger partial charge in [0.25, 0.3) is 0 Å². The summed E-state index contributed by atoms with van der Waals surface area (Å²) in [7, 11) is -7.70. The van der Waals surface area contributed by atoms with Crippen molar-refractivity contribution in [3.8, 4) is 0 Å². The minimum Gasteiger partial charge on any atom is -0.418 e. The largest absolute Gasteiger partial charge is 0.673 e. The van der Waals surface area contributed by atoms with Gasteiger partial charge >= 0.3 is 12.8 Å². The average molecular weight is 346 g/mol. The van der Waals surface area contributed by atoms with E-state index in [1.165, 1.54) is 0 Å². The Bertz CT molecular complexity index is 594. The fourth-order valence-corrected chi connectivity index (χ4v) is 3.96. The molecule has 0 aliphatic heterocycles. The molecule has 0 N–H and O–H groups in total. The van der Waals surface area contributed by atoms with Crippen LogP contribution in [0.3, 0.4) is 0 Å². The lowest BCUT2D eigenvalue weighted by atomic mass is 10.2. The second-order valence-electron chi connectivity index (χ2n) is 4.50. The van der Waals surface area contributed by atoms with Crippen LogP contribution in [0.1, 0.15) is 24.6 Å². The molecule has 0 spiro atoms. The van der Waals surface area contributed by atoms with Gasteiger partial charge in [-0.25, -0.2) is 0 Å². The van der Waals surface area contributed by atoms with Crippen LogP contribution in [0.5, 0.6) is 0 Å². The molecule has 2 rings (SSSR count). The molecule has 1 aromatic heterocycles. The van der Waals surface area contributed by atoms with Crippen molar-refractivity contribution >= 4 is 27.8 Å². The van der Waals surface area contributed by atoms with Gasteiger partial charge in [-0.2, -0.15) is 0 Å². The van der Waals surface area contributed by atoms with E-state index in [1.54, 1.807) is 30.3 Å². The maximum Gasteiger partial charge on any atom is 0.673 e. The van der Waals surface area contributed by atoms with E-state index in [0.717, 1.165) is 18.2 Å². The monoisotopic (exact) mass is 346 g/mol. The van der Waals surface area contributed by atoms with Gasteiger partial charge in [-0.05, 0) is 18.6 Å². The molecular weight excluding hydrogens is 332 g/mol. The van der Waals surface area contributed by atoms with Gasteiger partial charge in [-0.15, -0.1) is 13.2 Å². The molecule has 0 amide bonds. The van der Waals surface area contributed by atoms with Gasteiger partial charge in [0.2, 0.25) is 0 Å². The molecule has 0 saturated heterocycles. The molecule has 0 saturated carbocycles. The van der Waals surface area contributed by atoms with Crippen molar-refractivity contribution in [2.24, 2.45) is 0 Å². The molecule has 0 aliphatic rings. The highest BCUT2D eigenvalue weighted by Crippen LogP contribution is 2.51. The van der Waals surface area contributed by atoms with Gasteiger partial charge in [0.05, 0.1) is 10.5 Å². The average Bonchev–Trinajstić information content (AvgIpc) is 2.72. The van der Waals surface area contributed by atoms with Crippen molar-refractivity contribution in [3.63, 3.8) is 0 Å². The van der Waals surface area contributed by atoms with Gasteiger partial charge in [-0.3, -0.25) is 0 Å². The van der Waals surface area contributed by atoms with Crippen LogP contribution < -0.4 is 0 Å². The van der Waals surface area contributed by atoms with Crippen molar-refractivity contribution in [1.82, 2.24) is 0 Å². The summed E-state index contributed by atoms with van der Waals surface area (Å²) in [5, 5.41) is 0.735. The number of rotatable bonds is 3. The summed E-state index contributed by atoms with van der Waals surface area (Å²) in [4.78, 5) is 0.542. The predicted molar refractivity (Wildman–Crippen MR) is 76.5 cm³/mol. The Morgan fingerprint density at radius 3 is 2.09 bits per heavy atom. The van der Waals surface area contributed by atoms with Crippen LogP contribution in [-0.2, 0) is 11.9 Å². The summed E-state index contributed by atoms with van der Waals surface area (Å²) < 4.78 is 78.7. The highest BCUT2D eigenvalue weighted by atomic mass is 32.2. The number of hydrogen-bond donors (Lipinski definition) is 0. The topological polar surface area (TPSA) is 0 Å². The number of hydrogen-bond acceptors (Lipinski definition) is 0. The van der Waals surface area contributed by atoms with Crippen LogP contribution in [0.2, 0.25) is 0 Å². The second-order valence-corrected chi connectivity index (χ2v) is 6.54. The Hall–Kier alpha value is -1.25. The zero-order valence-corrected chi connectivity index (χ0v) is 12.5. The number of benzene rings is 1. The van der Waals surface area contributed by atoms with Crippen LogP contribution in [0.15, 0.2) is 30.3 Å². The lowest BCUT2D eigenvalue weighted by Crippen LogP contribution is -2.02. The third kappa shape index (κ3) is 5.86. The van der Waals surface area contributed by atoms with Crippen molar-refractivity contribution in [1.29, 1.82) is 0 Å². The molecule has 0 fully saturated rings. The zero-order chi connectivity index (χ0) is 17.0. The third-order valence-corrected chi connectivity index (χ3v) is 4.85. The zero-order valence-electron chi connectivity index (χ0n) is 11.6. The van der Waals surface area contributed by atoms with E-state index >= 15 is 0 Å². The third-order valence-electron chi connectivity index (χ3n) is 2.73. The Balaban J connectivity index is 0.000000422. The van der Waals surface area contributed by atoms with Crippen LogP contribution in [0.25, 0.3) is 10.1 Å². The van der Waals surface area contributed by atoms with Crippen molar-refractivity contribution in [3.05, 3.63) is 35.2 Å². The van der Waals surface area contributed by atoms with E-state index in [4.69, 9.17) is 0 Å². The maximum absolute atomic E-state index is 13.1. The van der Waals surface area contributed by atoms with E-state index in [0.29, 0.717) is 16.0 Å². The number of alkyl halides is 3. The fraction of sp³-hybridized carbons (Fsp3) is 0.385. The number of unbranched alkanes of at least 4 members (excludes halogenated alkanes) is 1. The Kier molecular flexibility index (Phi) is 6.28. The van der Waals surface area contributed by atoms with Crippen molar-refractivity contribution in [2.45, 2.75) is 31.7 Å². The normalized spacial score (nSPS) is 13.0. The quantitative estimate of drug-likeness (QED) is 0.329. The molecule has 0 bridgehead atoms. The van der Waals surface area contributed by atoms with Gasteiger partial charge in [0.1, 0.15) is 0 Å². The summed E-state index contributed by atoms with van der Waals surface area (Å²) in [5.41, 5.74) is -4.15. The lowest BCUT2D eigenvalue weighted by Gasteiger charge is -1.99. The predicted octanol–water partition coefficient (Wildman–Crippen LogP) is 6.71. The maximum atomic E-state index is 13.1. The first-order valence-corrected chi connectivity index (χ1v) is 7.74. The molecule has 9 heteroatoms. The molecule has 124 valence electrons. The molecule has 1 heterocycles. The minimum atomic E-state index is -6.00. The van der Waals surface area contributed by atoms with Crippen molar-refractivity contribution in [2.75, 3.05) is 0 Å². The summed E-state index contributed by atoms with van der Waals surface area (Å²) in [6.07, 6.45) is 2.29. The van der Waals surface area contributed by atoms with Gasteiger partial charge in [0.15, 0.2) is 9.58 Å². The molecule has 2 aromatic rings. The first kappa shape index (κ1) is 18.8. The lowest BCUT2D eigenvalue weighted by molar-refractivity contribution is -0.0867. The van der Waals surface area contributed by atoms with Gasteiger partial charge in [-0.1, -0.05) is 25.5 Å². The number of halogens is 7. The molecule has 1 atom stereocenters. The van der Waals surface area contributed by atoms with Crippen LogP contribution in [-0.4, -0.2) is 7.25 Å². The Morgan fingerprint density at radius 1 is 1.05 bits per heavy atom. The first-order chi connectivity index (χ1) is 10.0. The first-order valence-electron chi connectivity index (χ1n) is 6.52. The van der Waals surface area contributed by atoms with Gasteiger partial charge in [0, 0.05) is 17.9 Å². The summed E-state index contributed by atoms with van der Waals surface area (Å²) in [6, 6.07) is 8.56. The smallest absolute Gasteiger partial charge is 0.418 e. The summed E-state index contributed by atoms with van der Waals surface area (Å²) >= 11 is 0. The molecular formula is C13H14BF7S. The van der Waals surface area contributed by atoms with E-state index in [2.05, 4.69) is 0 Å². The summed E-state index contributed by atoms with van der Waals surface area (Å²) in [6.45, 7) is 1.99. The molecule has 0 radical (unpaired) electrons. The van der Waals surface area contributed by atoms with Gasteiger partial charge < -0.3 is 17.3 Å². The molecule has 0 aliphatic carbocycles. The molecule has 0 nitrogen and oxygen atoms in total. The minimum absolute atomic E-state index is 0.436. The second kappa shape index (κ2) is 7.35. The number of thiophene rings is 1. The number of aryl methyl sites for hydroxylation is 1. The van der Waals surface area contributed by atoms with E-state index < -0.39 is 23.2 Å².